The van der Waals surface area contributed by atoms with Gasteiger partial charge in [0.2, 0.25) is 5.88 Å². The van der Waals surface area contributed by atoms with Crippen LogP contribution in [0.2, 0.25) is 0 Å². The Labute approximate surface area is 116 Å². The van der Waals surface area contributed by atoms with Crippen LogP contribution in [0, 0.1) is 0 Å². The van der Waals surface area contributed by atoms with E-state index in [2.05, 4.69) is 15.2 Å². The van der Waals surface area contributed by atoms with Gasteiger partial charge >= 0.3 is 0 Å². The van der Waals surface area contributed by atoms with E-state index in [0.717, 1.165) is 22.5 Å². The van der Waals surface area contributed by atoms with Gasteiger partial charge in [-0.3, -0.25) is 20.0 Å². The molecule has 0 saturated heterocycles. The molecular formula is C15H15N3O2. The first kappa shape index (κ1) is 12.5. The number of nitrogens with zero attached hydrogens (tertiary/aromatic N) is 1. The molecule has 20 heavy (non-hydrogen) atoms. The molecule has 2 heterocycles. The van der Waals surface area contributed by atoms with Crippen LogP contribution in [0.15, 0.2) is 34.1 Å². The van der Waals surface area contributed by atoms with Crippen LogP contribution in [0.3, 0.4) is 0 Å². The monoisotopic (exact) mass is 269 g/mol. The van der Waals surface area contributed by atoms with Gasteiger partial charge in [0.05, 0.1) is 12.3 Å². The summed E-state index contributed by atoms with van der Waals surface area (Å²) in [6.45, 7) is 4.31. The topological polar surface area (TPSA) is 70.2 Å². The Kier molecular flexibility index (Phi) is 3.02. The summed E-state index contributed by atoms with van der Waals surface area (Å²) >= 11 is 0. The van der Waals surface area contributed by atoms with Crippen molar-refractivity contribution in [2.24, 2.45) is 4.99 Å². The van der Waals surface area contributed by atoms with E-state index >= 15 is 0 Å². The number of hydrogen-bond donors (Lipinski definition) is 2. The fourth-order valence-electron chi connectivity index (χ4n) is 2.30. The first-order valence-corrected chi connectivity index (χ1v) is 6.51. The maximum absolute atomic E-state index is 11.9. The van der Waals surface area contributed by atoms with Gasteiger partial charge in [0.1, 0.15) is 5.56 Å². The molecule has 0 radical (unpaired) electrons. The number of benzene rings is 1. The van der Waals surface area contributed by atoms with Crippen LogP contribution in [0.5, 0.6) is 5.88 Å². The smallest absolute Gasteiger partial charge is 0.275 e. The minimum absolute atomic E-state index is 0.196. The lowest BCUT2D eigenvalue weighted by molar-refractivity contribution is 0.325. The molecule has 5 heteroatoms. The molecule has 5 nitrogen and oxygen atoms in total. The second kappa shape index (κ2) is 4.85. The van der Waals surface area contributed by atoms with Gasteiger partial charge in [-0.2, -0.15) is 0 Å². The summed E-state index contributed by atoms with van der Waals surface area (Å²) < 4.78 is 5.42. The van der Waals surface area contributed by atoms with Crippen LogP contribution < -0.4 is 10.3 Å². The molecule has 2 aromatic rings. The second-order valence-corrected chi connectivity index (χ2v) is 4.53. The lowest BCUT2D eigenvalue weighted by Gasteiger charge is -2.02. The van der Waals surface area contributed by atoms with Crippen molar-refractivity contribution in [3.63, 3.8) is 0 Å². The largest absolute Gasteiger partial charge is 0.478 e. The van der Waals surface area contributed by atoms with Gasteiger partial charge in [0.25, 0.3) is 5.56 Å². The first-order valence-electron chi connectivity index (χ1n) is 6.51. The Bertz CT molecular complexity index is 765. The quantitative estimate of drug-likeness (QED) is 0.899. The Morgan fingerprint density at radius 2 is 2.10 bits per heavy atom. The number of para-hydroxylation sites is 1. The summed E-state index contributed by atoms with van der Waals surface area (Å²) in [5, 5.41) is 5.29. The highest BCUT2D eigenvalue weighted by Crippen LogP contribution is 2.35. The maximum atomic E-state index is 11.9. The third-order valence-electron chi connectivity index (χ3n) is 3.23. The van der Waals surface area contributed by atoms with Crippen molar-refractivity contribution in [2.75, 3.05) is 6.61 Å². The van der Waals surface area contributed by atoms with Crippen molar-refractivity contribution in [1.29, 1.82) is 0 Å². The molecule has 3 rings (SSSR count). The summed E-state index contributed by atoms with van der Waals surface area (Å²) in [5.74, 6) is 0.460. The summed E-state index contributed by atoms with van der Waals surface area (Å²) in [6.07, 6.45) is 1.82. The van der Waals surface area contributed by atoms with E-state index in [4.69, 9.17) is 4.74 Å². The third kappa shape index (κ3) is 1.97. The fourth-order valence-corrected chi connectivity index (χ4v) is 2.30. The normalized spacial score (nSPS) is 15.3. The van der Waals surface area contributed by atoms with Gasteiger partial charge in [-0.15, -0.1) is 0 Å². The minimum Gasteiger partial charge on any atom is -0.478 e. The van der Waals surface area contributed by atoms with Crippen molar-refractivity contribution < 1.29 is 4.74 Å². The third-order valence-corrected chi connectivity index (χ3v) is 3.23. The van der Waals surface area contributed by atoms with Gasteiger partial charge in [-0.05, 0) is 26.0 Å². The zero-order chi connectivity index (χ0) is 14.1. The Morgan fingerprint density at radius 3 is 2.90 bits per heavy atom. The van der Waals surface area contributed by atoms with Gasteiger partial charge < -0.3 is 4.74 Å². The number of aromatic nitrogens is 2. The Balaban J connectivity index is 2.12. The summed E-state index contributed by atoms with van der Waals surface area (Å²) in [5.41, 5.74) is 4.11. The van der Waals surface area contributed by atoms with Crippen LogP contribution in [0.1, 0.15) is 25.0 Å². The molecule has 1 aliphatic heterocycles. The van der Waals surface area contributed by atoms with Crippen LogP contribution >= 0.6 is 0 Å². The lowest BCUT2D eigenvalue weighted by Crippen LogP contribution is -2.04. The molecular weight excluding hydrogens is 254 g/mol. The van der Waals surface area contributed by atoms with E-state index in [1.807, 2.05) is 44.2 Å². The summed E-state index contributed by atoms with van der Waals surface area (Å²) in [4.78, 5) is 16.4. The van der Waals surface area contributed by atoms with Crippen LogP contribution in [-0.4, -0.2) is 22.5 Å². The van der Waals surface area contributed by atoms with Crippen LogP contribution in [0.25, 0.3) is 11.6 Å². The van der Waals surface area contributed by atoms with E-state index in [0.29, 0.717) is 18.1 Å². The van der Waals surface area contributed by atoms with Gasteiger partial charge in [-0.25, -0.2) is 0 Å². The average molecular weight is 269 g/mol. The number of hydrogen-bond acceptors (Lipinski definition) is 3. The van der Waals surface area contributed by atoms with E-state index < -0.39 is 0 Å². The second-order valence-electron chi connectivity index (χ2n) is 4.53. The van der Waals surface area contributed by atoms with E-state index in [1.165, 1.54) is 0 Å². The standard InChI is InChI=1S/C15H15N3O2/c1-3-20-15-12(14(19)17-18-15)8-11-9(2)16-13-7-5-4-6-10(11)13/h4-8H,3H2,1-2H3,(H2,17,18,19). The zero-order valence-electron chi connectivity index (χ0n) is 11.4. The van der Waals surface area contributed by atoms with Gasteiger partial charge in [0.15, 0.2) is 0 Å². The predicted molar refractivity (Wildman–Crippen MR) is 79.7 cm³/mol. The number of aromatic amines is 2. The molecule has 102 valence electrons. The zero-order valence-corrected chi connectivity index (χ0v) is 11.4. The number of nitrogens with one attached hydrogen (secondary N) is 2. The Morgan fingerprint density at radius 1 is 1.30 bits per heavy atom. The van der Waals surface area contributed by atoms with Gasteiger partial charge in [0, 0.05) is 16.8 Å². The van der Waals surface area contributed by atoms with E-state index in [9.17, 15) is 4.79 Å². The molecule has 0 spiro atoms. The average Bonchev–Trinajstić information content (AvgIpc) is 2.94. The van der Waals surface area contributed by atoms with Crippen molar-refractivity contribution in [3.05, 3.63) is 45.7 Å². The predicted octanol–water partition coefficient (Wildman–Crippen LogP) is 2.75. The number of rotatable bonds is 3. The molecule has 1 aromatic carbocycles. The molecule has 0 atom stereocenters. The molecule has 0 bridgehead atoms. The van der Waals surface area contributed by atoms with E-state index in [1.54, 1.807) is 0 Å². The van der Waals surface area contributed by atoms with E-state index in [-0.39, 0.29) is 5.56 Å². The van der Waals surface area contributed by atoms with Crippen molar-refractivity contribution in [1.82, 2.24) is 10.2 Å². The highest BCUT2D eigenvalue weighted by atomic mass is 16.5. The number of aliphatic imine (C=N–C) groups is 1. The fraction of sp³-hybridized carbons (Fsp3) is 0.200. The van der Waals surface area contributed by atoms with Crippen molar-refractivity contribution in [2.45, 2.75) is 13.8 Å². The van der Waals surface area contributed by atoms with Crippen molar-refractivity contribution in [3.8, 4) is 5.88 Å². The minimum atomic E-state index is -0.196. The van der Waals surface area contributed by atoms with Crippen LogP contribution in [-0.2, 0) is 0 Å². The molecule has 0 fully saturated rings. The highest BCUT2D eigenvalue weighted by Gasteiger charge is 2.19. The SMILES string of the molecule is CCOc1[nH][nH]c(=O)c1C=C1C(C)=Nc2ccccc21. The molecule has 1 aliphatic rings. The summed E-state index contributed by atoms with van der Waals surface area (Å²) in [7, 11) is 0. The molecule has 1 aromatic heterocycles. The Hall–Kier alpha value is -2.56. The lowest BCUT2D eigenvalue weighted by atomic mass is 10.0. The van der Waals surface area contributed by atoms with Gasteiger partial charge in [-0.1, -0.05) is 18.2 Å². The first-order chi connectivity index (χ1) is 9.70. The molecule has 0 unspecified atom stereocenters. The maximum Gasteiger partial charge on any atom is 0.275 e. The van der Waals surface area contributed by atoms with Crippen molar-refractivity contribution >= 4 is 23.0 Å². The van der Waals surface area contributed by atoms with Crippen LogP contribution in [0.4, 0.5) is 5.69 Å². The number of ether oxygens (including phenoxy) is 1. The highest BCUT2D eigenvalue weighted by molar-refractivity contribution is 6.31. The molecule has 2 N–H and O–H groups in total. The molecule has 0 aliphatic carbocycles. The number of fused-ring (bicyclic) bond motifs is 1. The number of allylic oxidation sites excluding steroid dienone is 1. The number of H-pyrrole nitrogens is 2. The molecule has 0 saturated carbocycles. The molecule has 0 amide bonds. The summed E-state index contributed by atoms with van der Waals surface area (Å²) in [6, 6.07) is 7.88.